The van der Waals surface area contributed by atoms with E-state index >= 15 is 0 Å². The minimum Gasteiger partial charge on any atom is -0.327 e. The zero-order chi connectivity index (χ0) is 14.4. The lowest BCUT2D eigenvalue weighted by molar-refractivity contribution is 0.720. The van der Waals surface area contributed by atoms with Crippen molar-refractivity contribution in [3.05, 3.63) is 39.5 Å². The SMILES string of the molecule is CC(=N)c1cc2c(c(C)c1/C=C(\C)C1CC1)CC(N)C2. The van der Waals surface area contributed by atoms with Crippen molar-refractivity contribution >= 4 is 11.8 Å². The Morgan fingerprint density at radius 1 is 1.30 bits per heavy atom. The van der Waals surface area contributed by atoms with Gasteiger partial charge in [0, 0.05) is 17.3 Å². The maximum atomic E-state index is 8.09. The first-order valence-electron chi connectivity index (χ1n) is 7.62. The van der Waals surface area contributed by atoms with Crippen molar-refractivity contribution in [3.8, 4) is 0 Å². The second kappa shape index (κ2) is 4.85. The summed E-state index contributed by atoms with van der Waals surface area (Å²) in [6, 6.07) is 2.47. The predicted octanol–water partition coefficient (Wildman–Crippen LogP) is 3.62. The predicted molar refractivity (Wildman–Crippen MR) is 85.4 cm³/mol. The summed E-state index contributed by atoms with van der Waals surface area (Å²) in [6.45, 7) is 6.33. The van der Waals surface area contributed by atoms with E-state index < -0.39 is 0 Å². The van der Waals surface area contributed by atoms with E-state index in [4.69, 9.17) is 11.1 Å². The van der Waals surface area contributed by atoms with Crippen LogP contribution < -0.4 is 5.73 Å². The highest BCUT2D eigenvalue weighted by Gasteiger charge is 2.26. The summed E-state index contributed by atoms with van der Waals surface area (Å²) in [5.41, 5.74) is 14.7. The molecule has 1 aromatic rings. The molecule has 1 atom stereocenters. The van der Waals surface area contributed by atoms with Gasteiger partial charge in [0.2, 0.25) is 0 Å². The minimum atomic E-state index is 0.256. The van der Waals surface area contributed by atoms with Gasteiger partial charge in [-0.3, -0.25) is 0 Å². The van der Waals surface area contributed by atoms with Gasteiger partial charge < -0.3 is 11.1 Å². The van der Waals surface area contributed by atoms with Crippen LogP contribution in [0.1, 0.15) is 54.5 Å². The quantitative estimate of drug-likeness (QED) is 0.808. The molecular formula is C18H24N2. The van der Waals surface area contributed by atoms with Crippen molar-refractivity contribution in [2.75, 3.05) is 0 Å². The Morgan fingerprint density at radius 3 is 2.60 bits per heavy atom. The summed E-state index contributed by atoms with van der Waals surface area (Å²) in [4.78, 5) is 0. The van der Waals surface area contributed by atoms with Crippen LogP contribution in [0.4, 0.5) is 0 Å². The summed E-state index contributed by atoms with van der Waals surface area (Å²) in [5.74, 6) is 0.781. The average molecular weight is 268 g/mol. The van der Waals surface area contributed by atoms with E-state index in [1.165, 1.54) is 40.7 Å². The Balaban J connectivity index is 2.14. The van der Waals surface area contributed by atoms with Crippen LogP contribution in [0.2, 0.25) is 0 Å². The third kappa shape index (κ3) is 2.33. The van der Waals surface area contributed by atoms with Gasteiger partial charge in [0.1, 0.15) is 0 Å². The van der Waals surface area contributed by atoms with Crippen LogP contribution >= 0.6 is 0 Å². The van der Waals surface area contributed by atoms with E-state index in [9.17, 15) is 0 Å². The Morgan fingerprint density at radius 2 is 2.00 bits per heavy atom. The molecule has 106 valence electrons. The van der Waals surface area contributed by atoms with Gasteiger partial charge in [-0.15, -0.1) is 0 Å². The summed E-state index contributed by atoms with van der Waals surface area (Å²) in [7, 11) is 0. The maximum absolute atomic E-state index is 8.09. The van der Waals surface area contributed by atoms with Gasteiger partial charge in [-0.2, -0.15) is 0 Å². The van der Waals surface area contributed by atoms with E-state index in [1.54, 1.807) is 0 Å². The third-order valence-corrected chi connectivity index (χ3v) is 4.80. The lowest BCUT2D eigenvalue weighted by atomic mass is 9.90. The molecule has 2 aliphatic rings. The van der Waals surface area contributed by atoms with E-state index in [1.807, 2.05) is 6.92 Å². The molecule has 0 aliphatic heterocycles. The second-order valence-corrected chi connectivity index (χ2v) is 6.56. The van der Waals surface area contributed by atoms with Crippen molar-refractivity contribution in [2.24, 2.45) is 11.7 Å². The highest BCUT2D eigenvalue weighted by atomic mass is 14.6. The fraction of sp³-hybridized carbons (Fsp3) is 0.500. The minimum absolute atomic E-state index is 0.256. The van der Waals surface area contributed by atoms with Gasteiger partial charge in [0.25, 0.3) is 0 Å². The molecule has 2 aliphatic carbocycles. The Kier molecular flexibility index (Phi) is 3.29. The van der Waals surface area contributed by atoms with Gasteiger partial charge in [0.15, 0.2) is 0 Å². The summed E-state index contributed by atoms with van der Waals surface area (Å²) in [6.07, 6.45) is 6.93. The average Bonchev–Trinajstić information content (AvgIpc) is 3.15. The lowest BCUT2D eigenvalue weighted by Crippen LogP contribution is -2.19. The zero-order valence-electron chi connectivity index (χ0n) is 12.7. The molecule has 2 heteroatoms. The summed E-state index contributed by atoms with van der Waals surface area (Å²) < 4.78 is 0. The Labute approximate surface area is 121 Å². The van der Waals surface area contributed by atoms with Gasteiger partial charge >= 0.3 is 0 Å². The van der Waals surface area contributed by atoms with E-state index in [-0.39, 0.29) is 6.04 Å². The first-order chi connectivity index (χ1) is 9.47. The van der Waals surface area contributed by atoms with Crippen molar-refractivity contribution in [2.45, 2.75) is 52.5 Å². The molecule has 0 saturated heterocycles. The maximum Gasteiger partial charge on any atom is 0.0361 e. The van der Waals surface area contributed by atoms with Crippen LogP contribution in [-0.2, 0) is 12.8 Å². The molecule has 3 N–H and O–H groups in total. The number of fused-ring (bicyclic) bond motifs is 1. The van der Waals surface area contributed by atoms with Crippen molar-refractivity contribution < 1.29 is 0 Å². The first-order valence-corrected chi connectivity index (χ1v) is 7.62. The molecule has 3 rings (SSSR count). The molecular weight excluding hydrogens is 244 g/mol. The number of nitrogens with two attached hydrogens (primary N) is 1. The number of hydrogen-bond acceptors (Lipinski definition) is 2. The fourth-order valence-electron chi connectivity index (χ4n) is 3.41. The van der Waals surface area contributed by atoms with Gasteiger partial charge in [-0.1, -0.05) is 11.6 Å². The van der Waals surface area contributed by atoms with Crippen LogP contribution in [0.5, 0.6) is 0 Å². The van der Waals surface area contributed by atoms with Crippen LogP contribution in [0.25, 0.3) is 6.08 Å². The molecule has 0 amide bonds. The molecule has 0 bridgehead atoms. The highest BCUT2D eigenvalue weighted by molar-refractivity contribution is 6.00. The number of rotatable bonds is 3. The van der Waals surface area contributed by atoms with Crippen LogP contribution in [0.3, 0.4) is 0 Å². The topological polar surface area (TPSA) is 49.9 Å². The van der Waals surface area contributed by atoms with Gasteiger partial charge in [-0.05, 0) is 80.7 Å². The molecule has 1 saturated carbocycles. The second-order valence-electron chi connectivity index (χ2n) is 6.56. The Bertz CT molecular complexity index is 606. The van der Waals surface area contributed by atoms with Crippen molar-refractivity contribution in [1.29, 1.82) is 5.41 Å². The normalized spacial score (nSPS) is 22.0. The first kappa shape index (κ1) is 13.6. The van der Waals surface area contributed by atoms with Crippen LogP contribution in [0, 0.1) is 18.3 Å². The summed E-state index contributed by atoms with van der Waals surface area (Å²) in [5, 5.41) is 8.09. The zero-order valence-corrected chi connectivity index (χ0v) is 12.7. The van der Waals surface area contributed by atoms with Crippen LogP contribution in [-0.4, -0.2) is 11.8 Å². The summed E-state index contributed by atoms with van der Waals surface area (Å²) >= 11 is 0. The van der Waals surface area contributed by atoms with E-state index in [0.717, 1.165) is 24.3 Å². The number of nitrogens with one attached hydrogen (secondary N) is 1. The van der Waals surface area contributed by atoms with Crippen molar-refractivity contribution in [1.82, 2.24) is 0 Å². The molecule has 1 aromatic carbocycles. The molecule has 0 radical (unpaired) electrons. The van der Waals surface area contributed by atoms with Gasteiger partial charge in [-0.25, -0.2) is 0 Å². The molecule has 1 fully saturated rings. The van der Waals surface area contributed by atoms with Gasteiger partial charge in [0.05, 0.1) is 0 Å². The smallest absolute Gasteiger partial charge is 0.0361 e. The monoisotopic (exact) mass is 268 g/mol. The molecule has 0 spiro atoms. The largest absolute Gasteiger partial charge is 0.327 e. The molecule has 2 nitrogen and oxygen atoms in total. The standard InChI is InChI=1S/C18H24N2/c1-10(13-4-5-13)6-17-11(2)16-9-15(20)7-14(16)8-18(17)12(3)19/h6,8,13,15,19H,4-5,7,9,20H2,1-3H3/b10-6+,19-12?. The molecule has 0 heterocycles. The molecule has 20 heavy (non-hydrogen) atoms. The van der Waals surface area contributed by atoms with Crippen LogP contribution in [0.15, 0.2) is 11.6 Å². The lowest BCUT2D eigenvalue weighted by Gasteiger charge is -2.15. The molecule has 0 aromatic heterocycles. The number of benzene rings is 1. The molecule has 1 unspecified atom stereocenters. The Hall–Kier alpha value is -1.41. The highest BCUT2D eigenvalue weighted by Crippen LogP contribution is 2.38. The number of allylic oxidation sites excluding steroid dienone is 1. The van der Waals surface area contributed by atoms with E-state index in [0.29, 0.717) is 5.71 Å². The van der Waals surface area contributed by atoms with Crippen molar-refractivity contribution in [3.63, 3.8) is 0 Å². The number of hydrogen-bond donors (Lipinski definition) is 2. The third-order valence-electron chi connectivity index (χ3n) is 4.80. The fourth-order valence-corrected chi connectivity index (χ4v) is 3.41. The van der Waals surface area contributed by atoms with E-state index in [2.05, 4.69) is 26.0 Å².